The number of rotatable bonds is 4. The van der Waals surface area contributed by atoms with Crippen LogP contribution < -0.4 is 0 Å². The maximum Gasteiger partial charge on any atom is 0.269 e. The smallest absolute Gasteiger partial charge is 0.269 e. The molecule has 1 saturated heterocycles. The van der Waals surface area contributed by atoms with E-state index in [1.807, 2.05) is 14.0 Å². The average molecular weight is 351 g/mol. The molecule has 1 heterocycles. The predicted molar refractivity (Wildman–Crippen MR) is 99.2 cm³/mol. The first-order valence-corrected chi connectivity index (χ1v) is 8.94. The van der Waals surface area contributed by atoms with Gasteiger partial charge < -0.3 is 9.64 Å². The second-order valence-corrected chi connectivity index (χ2v) is 8.03. The number of amidine groups is 1. The molecule has 1 aromatic carbocycles. The molecule has 2 rings (SSSR count). The summed E-state index contributed by atoms with van der Waals surface area (Å²) in [7, 11) is 2.02. The van der Waals surface area contributed by atoms with Gasteiger partial charge in [0.2, 0.25) is 0 Å². The zero-order chi connectivity index (χ0) is 18.1. The largest absolute Gasteiger partial charge is 0.371 e. The van der Waals surface area contributed by atoms with Crippen LogP contribution in [-0.4, -0.2) is 45.5 Å². The quantitative estimate of drug-likeness (QED) is 0.602. The number of nitrogens with zero attached hydrogens (tertiary/aromatic N) is 3. The second kappa shape index (κ2) is 7.11. The van der Waals surface area contributed by atoms with Crippen LogP contribution in [0.25, 0.3) is 0 Å². The maximum atomic E-state index is 10.8. The van der Waals surface area contributed by atoms with Crippen LogP contribution in [0.5, 0.6) is 0 Å². The molecule has 0 N–H and O–H groups in total. The number of benzene rings is 1. The summed E-state index contributed by atoms with van der Waals surface area (Å²) in [6, 6.07) is 5.01. The molecule has 1 unspecified atom stereocenters. The van der Waals surface area contributed by atoms with Gasteiger partial charge in [-0.1, -0.05) is 11.8 Å². The molecule has 6 nitrogen and oxygen atoms in total. The van der Waals surface area contributed by atoms with Crippen LogP contribution in [0.1, 0.15) is 33.3 Å². The number of hydrogen-bond donors (Lipinski definition) is 0. The van der Waals surface area contributed by atoms with E-state index in [-0.39, 0.29) is 28.4 Å². The van der Waals surface area contributed by atoms with Gasteiger partial charge in [-0.25, -0.2) is 4.99 Å². The zero-order valence-corrected chi connectivity index (χ0v) is 15.9. The highest BCUT2D eigenvalue weighted by molar-refractivity contribution is 8.14. The molecular weight excluding hydrogens is 326 g/mol. The normalized spacial score (nSPS) is 21.3. The van der Waals surface area contributed by atoms with Crippen molar-refractivity contribution >= 4 is 28.3 Å². The molecule has 7 heteroatoms. The summed E-state index contributed by atoms with van der Waals surface area (Å²) in [5.74, 6) is 0.915. The van der Waals surface area contributed by atoms with E-state index < -0.39 is 0 Å². The van der Waals surface area contributed by atoms with E-state index in [2.05, 4.69) is 32.6 Å². The molecule has 0 amide bonds. The van der Waals surface area contributed by atoms with Crippen molar-refractivity contribution in [1.29, 1.82) is 0 Å². The number of non-ortho nitro benzene ring substituents is 1. The van der Waals surface area contributed by atoms with Crippen molar-refractivity contribution in [3.63, 3.8) is 0 Å². The van der Waals surface area contributed by atoms with Gasteiger partial charge in [0.15, 0.2) is 5.17 Å². The van der Waals surface area contributed by atoms with Crippen molar-refractivity contribution < 1.29 is 9.66 Å². The molecule has 0 spiro atoms. The van der Waals surface area contributed by atoms with Gasteiger partial charge in [0, 0.05) is 24.9 Å². The number of likely N-dealkylation sites (N-methyl/N-ethyl adjacent to an activating group) is 1. The minimum Gasteiger partial charge on any atom is -0.371 e. The highest BCUT2D eigenvalue weighted by Crippen LogP contribution is 2.31. The van der Waals surface area contributed by atoms with E-state index in [9.17, 15) is 10.1 Å². The third kappa shape index (κ3) is 4.48. The Kier molecular flexibility index (Phi) is 5.55. The number of thioether (sulfide) groups is 1. The fraction of sp³-hybridized carbons (Fsp3) is 0.588. The molecule has 1 aliphatic rings. The highest BCUT2D eigenvalue weighted by Gasteiger charge is 2.34. The summed E-state index contributed by atoms with van der Waals surface area (Å²) >= 11 is 1.69. The Balaban J connectivity index is 2.16. The topological polar surface area (TPSA) is 68.0 Å². The van der Waals surface area contributed by atoms with Crippen LogP contribution in [0.4, 0.5) is 11.4 Å². The molecule has 24 heavy (non-hydrogen) atoms. The Morgan fingerprint density at radius 2 is 2.12 bits per heavy atom. The molecule has 1 aromatic rings. The lowest BCUT2D eigenvalue weighted by Gasteiger charge is -2.32. The van der Waals surface area contributed by atoms with Crippen LogP contribution in [-0.2, 0) is 4.74 Å². The van der Waals surface area contributed by atoms with Crippen molar-refractivity contribution in [3.05, 3.63) is 33.9 Å². The lowest BCUT2D eigenvalue weighted by atomic mass is 10.1. The van der Waals surface area contributed by atoms with Crippen molar-refractivity contribution in [2.75, 3.05) is 12.8 Å². The maximum absolute atomic E-state index is 10.8. The summed E-state index contributed by atoms with van der Waals surface area (Å²) in [6.07, 6.45) is 0.0909. The average Bonchev–Trinajstić information content (AvgIpc) is 2.80. The summed E-state index contributed by atoms with van der Waals surface area (Å²) in [4.78, 5) is 17.3. The van der Waals surface area contributed by atoms with Gasteiger partial charge in [-0.05, 0) is 46.2 Å². The van der Waals surface area contributed by atoms with Gasteiger partial charge in [-0.3, -0.25) is 10.1 Å². The summed E-state index contributed by atoms with van der Waals surface area (Å²) in [6.45, 7) is 10.1. The molecule has 0 radical (unpaired) electrons. The van der Waals surface area contributed by atoms with Crippen molar-refractivity contribution in [3.8, 4) is 0 Å². The van der Waals surface area contributed by atoms with E-state index in [1.54, 1.807) is 23.9 Å². The van der Waals surface area contributed by atoms with E-state index in [1.165, 1.54) is 6.07 Å². The Labute approximate surface area is 147 Å². The van der Waals surface area contributed by atoms with Gasteiger partial charge >= 0.3 is 0 Å². The van der Waals surface area contributed by atoms with E-state index in [4.69, 9.17) is 9.73 Å². The van der Waals surface area contributed by atoms with Gasteiger partial charge in [-0.15, -0.1) is 0 Å². The number of ether oxygens (including phenoxy) is 1. The third-order valence-corrected chi connectivity index (χ3v) is 5.02. The Bertz CT molecular complexity index is 655. The van der Waals surface area contributed by atoms with E-state index >= 15 is 0 Å². The molecule has 0 aliphatic carbocycles. The standard InChI is InChI=1S/C17H25N3O3S/c1-11-9-13(20(21)22)7-8-14(11)18-16-19(6)15(10-24-16)12(2)23-17(3,4)5/h7-9,12,15H,10H2,1-6H3/t12?,15-/m1/s1. The Morgan fingerprint density at radius 3 is 2.67 bits per heavy atom. The molecule has 0 aromatic heterocycles. The highest BCUT2D eigenvalue weighted by atomic mass is 32.2. The molecule has 0 saturated carbocycles. The zero-order valence-electron chi connectivity index (χ0n) is 15.1. The molecule has 1 fully saturated rings. The lowest BCUT2D eigenvalue weighted by molar-refractivity contribution is -0.384. The SMILES string of the molecule is Cc1cc([N+](=O)[O-])ccc1N=C1SC[C@H](C(C)OC(C)(C)C)N1C. The Morgan fingerprint density at radius 1 is 1.46 bits per heavy atom. The Hall–Kier alpha value is -1.60. The van der Waals surface area contributed by atoms with Gasteiger partial charge in [0.05, 0.1) is 28.4 Å². The molecular formula is C17H25N3O3S. The molecule has 2 atom stereocenters. The number of nitro benzene ring substituents is 1. The number of aliphatic imine (C=N–C) groups is 1. The summed E-state index contributed by atoms with van der Waals surface area (Å²) in [5, 5.41) is 11.8. The summed E-state index contributed by atoms with van der Waals surface area (Å²) < 4.78 is 6.07. The van der Waals surface area contributed by atoms with E-state index in [0.29, 0.717) is 0 Å². The first kappa shape index (κ1) is 18.7. The fourth-order valence-corrected chi connectivity index (χ4v) is 4.01. The third-order valence-electron chi connectivity index (χ3n) is 3.87. The first-order valence-electron chi connectivity index (χ1n) is 7.95. The first-order chi connectivity index (χ1) is 11.1. The number of aryl methyl sites for hydroxylation is 1. The molecule has 0 bridgehead atoms. The van der Waals surface area contributed by atoms with Gasteiger partial charge in [-0.2, -0.15) is 0 Å². The van der Waals surface area contributed by atoms with E-state index in [0.717, 1.165) is 22.2 Å². The predicted octanol–water partition coefficient (Wildman–Crippen LogP) is 4.14. The minimum absolute atomic E-state index is 0.0909. The van der Waals surface area contributed by atoms with Crippen molar-refractivity contribution in [1.82, 2.24) is 4.90 Å². The second-order valence-electron chi connectivity index (χ2n) is 7.05. The van der Waals surface area contributed by atoms with Crippen molar-refractivity contribution in [2.45, 2.75) is 52.4 Å². The van der Waals surface area contributed by atoms with Crippen LogP contribution in [0, 0.1) is 17.0 Å². The molecule has 1 aliphatic heterocycles. The van der Waals surface area contributed by atoms with Crippen LogP contribution in [0.3, 0.4) is 0 Å². The van der Waals surface area contributed by atoms with Crippen LogP contribution in [0.2, 0.25) is 0 Å². The van der Waals surface area contributed by atoms with Gasteiger partial charge in [0.1, 0.15) is 0 Å². The summed E-state index contributed by atoms with van der Waals surface area (Å²) in [5.41, 5.74) is 1.47. The lowest BCUT2D eigenvalue weighted by Crippen LogP contribution is -2.42. The monoisotopic (exact) mass is 351 g/mol. The van der Waals surface area contributed by atoms with Crippen LogP contribution >= 0.6 is 11.8 Å². The molecule has 132 valence electrons. The minimum atomic E-state index is -0.387. The van der Waals surface area contributed by atoms with Gasteiger partial charge in [0.25, 0.3) is 5.69 Å². The number of nitro groups is 1. The van der Waals surface area contributed by atoms with Crippen molar-refractivity contribution in [2.24, 2.45) is 4.99 Å². The number of hydrogen-bond acceptors (Lipinski definition) is 5. The van der Waals surface area contributed by atoms with Crippen LogP contribution in [0.15, 0.2) is 23.2 Å². The fourth-order valence-electron chi connectivity index (χ4n) is 2.69.